The number of amides is 1. The van der Waals surface area contributed by atoms with Gasteiger partial charge in [0.25, 0.3) is 11.6 Å². The molecule has 1 unspecified atom stereocenters. The van der Waals surface area contributed by atoms with Gasteiger partial charge in [-0.05, 0) is 24.8 Å². The van der Waals surface area contributed by atoms with Crippen molar-refractivity contribution in [2.75, 3.05) is 12.3 Å². The molecular formula is C14H18FN3O3. The molecule has 6 nitrogen and oxygen atoms in total. The second kappa shape index (κ2) is 5.67. The third-order valence-corrected chi connectivity index (χ3v) is 3.88. The summed E-state index contributed by atoms with van der Waals surface area (Å²) in [4.78, 5) is 24.3. The second-order valence-corrected chi connectivity index (χ2v) is 5.60. The highest BCUT2D eigenvalue weighted by molar-refractivity contribution is 6.01. The van der Waals surface area contributed by atoms with Crippen molar-refractivity contribution in [1.29, 1.82) is 0 Å². The first-order valence-electron chi connectivity index (χ1n) is 6.87. The molecule has 1 aliphatic rings. The number of rotatable bonds is 3. The second-order valence-electron chi connectivity index (χ2n) is 5.60. The van der Waals surface area contributed by atoms with Crippen molar-refractivity contribution in [2.45, 2.75) is 32.7 Å². The molecule has 7 heteroatoms. The number of halogens is 1. The van der Waals surface area contributed by atoms with Crippen molar-refractivity contribution in [2.24, 2.45) is 5.92 Å². The van der Waals surface area contributed by atoms with E-state index in [1.807, 2.05) is 13.8 Å². The van der Waals surface area contributed by atoms with Crippen LogP contribution >= 0.6 is 0 Å². The van der Waals surface area contributed by atoms with Crippen LogP contribution in [-0.4, -0.2) is 28.3 Å². The molecule has 21 heavy (non-hydrogen) atoms. The summed E-state index contributed by atoms with van der Waals surface area (Å²) in [5.74, 6) is -1.01. The molecule has 0 spiro atoms. The fourth-order valence-corrected chi connectivity index (χ4v) is 2.82. The standard InChI is InChI=1S/C14H18FN3O3/c1-8(2)11-4-3-5-17(11)14(19)10-6-9(15)7-12(13(10)16)18(20)21/h6-8,11H,3-5,16H2,1-2H3. The first kappa shape index (κ1) is 15.2. The maximum atomic E-state index is 13.5. The Morgan fingerprint density at radius 1 is 1.52 bits per heavy atom. The van der Waals surface area contributed by atoms with E-state index in [1.165, 1.54) is 0 Å². The predicted octanol–water partition coefficient (Wildman–Crippen LogP) is 2.58. The highest BCUT2D eigenvalue weighted by Crippen LogP contribution is 2.31. The van der Waals surface area contributed by atoms with Crippen LogP contribution in [0.1, 0.15) is 37.0 Å². The van der Waals surface area contributed by atoms with Crippen molar-refractivity contribution >= 4 is 17.3 Å². The van der Waals surface area contributed by atoms with Gasteiger partial charge in [0.15, 0.2) is 0 Å². The molecule has 0 aliphatic carbocycles. The quantitative estimate of drug-likeness (QED) is 0.527. The summed E-state index contributed by atoms with van der Waals surface area (Å²) < 4.78 is 13.5. The van der Waals surface area contributed by atoms with Gasteiger partial charge in [0.05, 0.1) is 16.6 Å². The van der Waals surface area contributed by atoms with E-state index >= 15 is 0 Å². The highest BCUT2D eigenvalue weighted by Gasteiger charge is 2.33. The molecule has 0 bridgehead atoms. The Morgan fingerprint density at radius 2 is 2.19 bits per heavy atom. The maximum Gasteiger partial charge on any atom is 0.295 e. The topological polar surface area (TPSA) is 89.5 Å². The highest BCUT2D eigenvalue weighted by atomic mass is 19.1. The molecule has 0 saturated carbocycles. The van der Waals surface area contributed by atoms with E-state index in [9.17, 15) is 19.3 Å². The van der Waals surface area contributed by atoms with Gasteiger partial charge in [0.1, 0.15) is 11.5 Å². The van der Waals surface area contributed by atoms with Crippen LogP contribution in [0.15, 0.2) is 12.1 Å². The van der Waals surface area contributed by atoms with Gasteiger partial charge in [-0.2, -0.15) is 0 Å². The van der Waals surface area contributed by atoms with E-state index in [4.69, 9.17) is 5.73 Å². The molecule has 1 aromatic carbocycles. The number of nitro groups is 1. The number of nitrogens with two attached hydrogens (primary N) is 1. The number of benzene rings is 1. The Hall–Kier alpha value is -2.18. The number of hydrogen-bond donors (Lipinski definition) is 1. The number of likely N-dealkylation sites (tertiary alicyclic amines) is 1. The molecule has 1 fully saturated rings. The van der Waals surface area contributed by atoms with E-state index in [-0.39, 0.29) is 23.2 Å². The molecule has 0 radical (unpaired) electrons. The van der Waals surface area contributed by atoms with Gasteiger partial charge in [0, 0.05) is 12.6 Å². The molecule has 1 atom stereocenters. The first-order valence-corrected chi connectivity index (χ1v) is 6.87. The first-order chi connectivity index (χ1) is 9.82. The lowest BCUT2D eigenvalue weighted by molar-refractivity contribution is -0.384. The van der Waals surface area contributed by atoms with Crippen molar-refractivity contribution in [1.82, 2.24) is 4.90 Å². The fraction of sp³-hybridized carbons (Fsp3) is 0.500. The van der Waals surface area contributed by atoms with E-state index in [0.29, 0.717) is 6.54 Å². The summed E-state index contributed by atoms with van der Waals surface area (Å²) >= 11 is 0. The van der Waals surface area contributed by atoms with Crippen molar-refractivity contribution in [3.63, 3.8) is 0 Å². The van der Waals surface area contributed by atoms with Gasteiger partial charge in [0.2, 0.25) is 0 Å². The maximum absolute atomic E-state index is 13.5. The molecule has 1 aromatic rings. The lowest BCUT2D eigenvalue weighted by Gasteiger charge is -2.28. The Balaban J connectivity index is 2.42. The minimum absolute atomic E-state index is 0.0548. The van der Waals surface area contributed by atoms with Gasteiger partial charge < -0.3 is 10.6 Å². The number of nitrogen functional groups attached to an aromatic ring is 1. The molecule has 0 aromatic heterocycles. The summed E-state index contributed by atoms with van der Waals surface area (Å²) in [5.41, 5.74) is 4.71. The lowest BCUT2D eigenvalue weighted by atomic mass is 10.0. The zero-order valence-corrected chi connectivity index (χ0v) is 12.0. The SMILES string of the molecule is CC(C)C1CCCN1C(=O)c1cc(F)cc([N+](=O)[O-])c1N. The zero-order chi connectivity index (χ0) is 15.7. The summed E-state index contributed by atoms with van der Waals surface area (Å²) in [6.45, 7) is 4.58. The minimum Gasteiger partial charge on any atom is -0.393 e. The number of hydrogen-bond acceptors (Lipinski definition) is 4. The van der Waals surface area contributed by atoms with Gasteiger partial charge in [-0.15, -0.1) is 0 Å². The average Bonchev–Trinajstić information content (AvgIpc) is 2.89. The third kappa shape index (κ3) is 2.81. The van der Waals surface area contributed by atoms with E-state index in [2.05, 4.69) is 0 Å². The van der Waals surface area contributed by atoms with E-state index < -0.39 is 22.3 Å². The number of anilines is 1. The Bertz CT molecular complexity index is 589. The number of nitro benzene ring substituents is 1. The third-order valence-electron chi connectivity index (χ3n) is 3.88. The molecular weight excluding hydrogens is 277 g/mol. The Morgan fingerprint density at radius 3 is 2.76 bits per heavy atom. The largest absolute Gasteiger partial charge is 0.393 e. The van der Waals surface area contributed by atoms with Gasteiger partial charge in [-0.3, -0.25) is 14.9 Å². The van der Waals surface area contributed by atoms with Gasteiger partial charge >= 0.3 is 0 Å². The summed E-state index contributed by atoms with van der Waals surface area (Å²) in [5, 5.41) is 10.9. The smallest absolute Gasteiger partial charge is 0.295 e. The van der Waals surface area contributed by atoms with Crippen molar-refractivity contribution < 1.29 is 14.1 Å². The lowest BCUT2D eigenvalue weighted by Crippen LogP contribution is -2.38. The van der Waals surface area contributed by atoms with Crippen LogP contribution in [0.5, 0.6) is 0 Å². The molecule has 1 amide bonds. The number of carbonyl (C=O) groups excluding carboxylic acids is 1. The van der Waals surface area contributed by atoms with Crippen LogP contribution in [-0.2, 0) is 0 Å². The van der Waals surface area contributed by atoms with Crippen LogP contribution < -0.4 is 5.73 Å². The van der Waals surface area contributed by atoms with Gasteiger partial charge in [-0.25, -0.2) is 4.39 Å². The van der Waals surface area contributed by atoms with Crippen LogP contribution in [0.3, 0.4) is 0 Å². The molecule has 114 valence electrons. The van der Waals surface area contributed by atoms with Crippen LogP contribution in [0.4, 0.5) is 15.8 Å². The molecule has 2 N–H and O–H groups in total. The van der Waals surface area contributed by atoms with Crippen molar-refractivity contribution in [3.05, 3.63) is 33.6 Å². The summed E-state index contributed by atoms with van der Waals surface area (Å²) in [6.07, 6.45) is 1.74. The number of carbonyl (C=O) groups is 1. The van der Waals surface area contributed by atoms with Crippen molar-refractivity contribution in [3.8, 4) is 0 Å². The Labute approximate surface area is 121 Å². The van der Waals surface area contributed by atoms with Crippen LogP contribution in [0, 0.1) is 21.8 Å². The van der Waals surface area contributed by atoms with E-state index in [0.717, 1.165) is 25.0 Å². The average molecular weight is 295 g/mol. The molecule has 1 aliphatic heterocycles. The monoisotopic (exact) mass is 295 g/mol. The number of nitrogens with zero attached hydrogens (tertiary/aromatic N) is 2. The normalized spacial score (nSPS) is 18.3. The minimum atomic E-state index is -0.834. The molecule has 2 rings (SSSR count). The molecule has 1 heterocycles. The van der Waals surface area contributed by atoms with Gasteiger partial charge in [-0.1, -0.05) is 13.8 Å². The van der Waals surface area contributed by atoms with Crippen LogP contribution in [0.2, 0.25) is 0 Å². The zero-order valence-electron chi connectivity index (χ0n) is 12.0. The van der Waals surface area contributed by atoms with Crippen LogP contribution in [0.25, 0.3) is 0 Å². The fourth-order valence-electron chi connectivity index (χ4n) is 2.82. The molecule has 1 saturated heterocycles. The Kier molecular flexibility index (Phi) is 4.11. The van der Waals surface area contributed by atoms with E-state index in [1.54, 1.807) is 4.90 Å². The predicted molar refractivity (Wildman–Crippen MR) is 76.4 cm³/mol. The summed E-state index contributed by atoms with van der Waals surface area (Å²) in [6, 6.07) is 1.76. The summed E-state index contributed by atoms with van der Waals surface area (Å²) in [7, 11) is 0.